The number of amides is 1. The summed E-state index contributed by atoms with van der Waals surface area (Å²) in [5, 5.41) is 11.1. The zero-order valence-electron chi connectivity index (χ0n) is 16.4. The topological polar surface area (TPSA) is 68.2 Å². The number of rotatable bonds is 5. The van der Waals surface area contributed by atoms with Gasteiger partial charge in [0.05, 0.1) is 18.2 Å². The molecule has 152 valence electrons. The third-order valence-corrected chi connectivity index (χ3v) is 6.96. The van der Waals surface area contributed by atoms with Gasteiger partial charge in [0.25, 0.3) is 0 Å². The van der Waals surface area contributed by atoms with Crippen molar-refractivity contribution in [1.29, 1.82) is 0 Å². The number of carbonyl (C=O) groups excluding carboxylic acids is 1. The van der Waals surface area contributed by atoms with Crippen LogP contribution in [0.15, 0.2) is 12.4 Å². The van der Waals surface area contributed by atoms with E-state index in [1.807, 2.05) is 24.1 Å². The van der Waals surface area contributed by atoms with Crippen LogP contribution in [-0.4, -0.2) is 47.5 Å². The Bertz CT molecular complexity index is 644. The first-order chi connectivity index (χ1) is 12.6. The molecular weight excluding hydrogens is 364 g/mol. The fourth-order valence-electron chi connectivity index (χ4n) is 5.48. The van der Waals surface area contributed by atoms with Crippen LogP contribution >= 0.6 is 12.4 Å². The summed E-state index contributed by atoms with van der Waals surface area (Å²) >= 11 is 0. The van der Waals surface area contributed by atoms with Crippen LogP contribution in [0.5, 0.6) is 0 Å². The Morgan fingerprint density at radius 1 is 1.37 bits per heavy atom. The number of aromatic nitrogens is 2. The number of nitrogens with zero attached hydrogens (tertiary/aromatic N) is 2. The van der Waals surface area contributed by atoms with Crippen molar-refractivity contribution in [1.82, 2.24) is 20.4 Å². The molecule has 1 spiro atoms. The predicted molar refractivity (Wildman–Crippen MR) is 107 cm³/mol. The van der Waals surface area contributed by atoms with Gasteiger partial charge in [-0.25, -0.2) is 0 Å². The minimum Gasteiger partial charge on any atom is -0.378 e. The first kappa shape index (κ1) is 20.6. The summed E-state index contributed by atoms with van der Waals surface area (Å²) < 4.78 is 7.84. The van der Waals surface area contributed by atoms with Crippen LogP contribution in [-0.2, 0) is 16.6 Å². The molecule has 27 heavy (non-hydrogen) atoms. The van der Waals surface area contributed by atoms with Crippen molar-refractivity contribution in [2.24, 2.45) is 18.4 Å². The molecule has 1 aromatic heterocycles. The Hall–Kier alpha value is -1.11. The number of halogens is 1. The van der Waals surface area contributed by atoms with Crippen molar-refractivity contribution in [2.75, 3.05) is 19.7 Å². The maximum absolute atomic E-state index is 13.1. The molecule has 1 amide bonds. The highest BCUT2D eigenvalue weighted by Crippen LogP contribution is 2.53. The minimum atomic E-state index is -0.00835. The smallest absolute Gasteiger partial charge is 0.225 e. The summed E-state index contributed by atoms with van der Waals surface area (Å²) in [7, 11) is 1.93. The van der Waals surface area contributed by atoms with E-state index < -0.39 is 0 Å². The first-order valence-electron chi connectivity index (χ1n) is 10.3. The van der Waals surface area contributed by atoms with Crippen molar-refractivity contribution in [2.45, 2.75) is 63.5 Å². The average Bonchev–Trinajstić information content (AvgIpc) is 3.30. The molecule has 7 heteroatoms. The molecule has 0 radical (unpaired) electrons. The number of hydrogen-bond acceptors (Lipinski definition) is 4. The van der Waals surface area contributed by atoms with E-state index in [-0.39, 0.29) is 41.6 Å². The SMILES string of the molecule is CCOC1CC(NC(=O)[C@H]2CNC[C@@H]2c2cnn(C)c2)C12CCCCC2.Cl. The molecule has 3 fully saturated rings. The maximum Gasteiger partial charge on any atom is 0.225 e. The molecule has 4 atom stereocenters. The average molecular weight is 397 g/mol. The van der Waals surface area contributed by atoms with Gasteiger partial charge in [-0.3, -0.25) is 9.48 Å². The van der Waals surface area contributed by atoms with Gasteiger partial charge in [-0.1, -0.05) is 19.3 Å². The van der Waals surface area contributed by atoms with Crippen molar-refractivity contribution in [3.63, 3.8) is 0 Å². The van der Waals surface area contributed by atoms with E-state index in [9.17, 15) is 4.79 Å². The van der Waals surface area contributed by atoms with Crippen LogP contribution in [0.3, 0.4) is 0 Å². The zero-order valence-corrected chi connectivity index (χ0v) is 17.3. The summed E-state index contributed by atoms with van der Waals surface area (Å²) in [5.74, 6) is 0.411. The largest absolute Gasteiger partial charge is 0.378 e. The number of nitrogens with one attached hydrogen (secondary N) is 2. The Morgan fingerprint density at radius 3 is 2.81 bits per heavy atom. The Balaban J connectivity index is 0.00000210. The molecule has 2 saturated carbocycles. The van der Waals surface area contributed by atoms with Crippen LogP contribution in [0.4, 0.5) is 0 Å². The quantitative estimate of drug-likeness (QED) is 0.801. The van der Waals surface area contributed by atoms with Crippen LogP contribution < -0.4 is 10.6 Å². The number of carbonyl (C=O) groups is 1. The molecule has 2 N–H and O–H groups in total. The summed E-state index contributed by atoms with van der Waals surface area (Å²) in [6.07, 6.45) is 11.5. The van der Waals surface area contributed by atoms with Gasteiger partial charge < -0.3 is 15.4 Å². The fourth-order valence-corrected chi connectivity index (χ4v) is 5.48. The van der Waals surface area contributed by atoms with Crippen molar-refractivity contribution in [3.05, 3.63) is 18.0 Å². The highest BCUT2D eigenvalue weighted by atomic mass is 35.5. The van der Waals surface area contributed by atoms with Gasteiger partial charge in [-0.2, -0.15) is 5.10 Å². The van der Waals surface area contributed by atoms with E-state index in [0.717, 1.165) is 31.7 Å². The Labute approximate surface area is 168 Å². The van der Waals surface area contributed by atoms with E-state index in [1.54, 1.807) is 0 Å². The summed E-state index contributed by atoms with van der Waals surface area (Å²) in [6, 6.07) is 0.280. The predicted octanol–water partition coefficient (Wildman–Crippen LogP) is 2.39. The standard InChI is InChI=1S/C20H32N4O2.ClH/c1-3-26-18-9-17(20(18)7-5-4-6-8-20)23-19(25)16-12-21-11-15(16)14-10-22-24(2)13-14;/h10,13,15-18,21H,3-9,11-12H2,1-2H3,(H,23,25);1H/t15-,16+,17?,18?;/m1./s1. The monoisotopic (exact) mass is 396 g/mol. The number of ether oxygens (including phenoxy) is 1. The van der Waals surface area contributed by atoms with Crippen molar-refractivity contribution >= 4 is 18.3 Å². The van der Waals surface area contributed by atoms with Crippen LogP contribution in [0, 0.1) is 11.3 Å². The van der Waals surface area contributed by atoms with Crippen molar-refractivity contribution < 1.29 is 9.53 Å². The number of hydrogen-bond donors (Lipinski definition) is 2. The molecular formula is C20H33ClN4O2. The van der Waals surface area contributed by atoms with Gasteiger partial charge in [0.1, 0.15) is 0 Å². The Kier molecular flexibility index (Phi) is 6.49. The van der Waals surface area contributed by atoms with E-state index in [0.29, 0.717) is 6.10 Å². The van der Waals surface area contributed by atoms with Gasteiger partial charge in [-0.15, -0.1) is 12.4 Å². The van der Waals surface area contributed by atoms with Crippen LogP contribution in [0.2, 0.25) is 0 Å². The van der Waals surface area contributed by atoms with E-state index in [1.165, 1.54) is 32.1 Å². The first-order valence-corrected chi connectivity index (χ1v) is 10.3. The second-order valence-electron chi connectivity index (χ2n) is 8.35. The molecule has 1 saturated heterocycles. The zero-order chi connectivity index (χ0) is 18.1. The summed E-state index contributed by atoms with van der Waals surface area (Å²) in [5.41, 5.74) is 1.34. The Morgan fingerprint density at radius 2 is 2.15 bits per heavy atom. The highest BCUT2D eigenvalue weighted by Gasteiger charge is 2.56. The highest BCUT2D eigenvalue weighted by molar-refractivity contribution is 5.85. The van der Waals surface area contributed by atoms with Gasteiger partial charge in [0.15, 0.2) is 0 Å². The van der Waals surface area contributed by atoms with Crippen LogP contribution in [0.1, 0.15) is 56.9 Å². The second kappa shape index (κ2) is 8.50. The molecule has 2 aliphatic carbocycles. The molecule has 2 unspecified atom stereocenters. The minimum absolute atomic E-state index is 0. The van der Waals surface area contributed by atoms with Crippen LogP contribution in [0.25, 0.3) is 0 Å². The van der Waals surface area contributed by atoms with E-state index >= 15 is 0 Å². The van der Waals surface area contributed by atoms with Gasteiger partial charge in [0, 0.05) is 50.3 Å². The van der Waals surface area contributed by atoms with Gasteiger partial charge in [0.2, 0.25) is 5.91 Å². The molecule has 1 aliphatic heterocycles. The molecule has 1 aromatic rings. The fraction of sp³-hybridized carbons (Fsp3) is 0.800. The molecule has 6 nitrogen and oxygen atoms in total. The lowest BCUT2D eigenvalue weighted by Crippen LogP contribution is -2.66. The van der Waals surface area contributed by atoms with Gasteiger partial charge >= 0.3 is 0 Å². The number of aryl methyl sites for hydroxylation is 1. The second-order valence-corrected chi connectivity index (χ2v) is 8.35. The lowest BCUT2D eigenvalue weighted by molar-refractivity contribution is -0.158. The molecule has 4 rings (SSSR count). The summed E-state index contributed by atoms with van der Waals surface area (Å²) in [4.78, 5) is 13.1. The summed E-state index contributed by atoms with van der Waals surface area (Å²) in [6.45, 7) is 4.44. The van der Waals surface area contributed by atoms with E-state index in [4.69, 9.17) is 4.74 Å². The molecule has 3 aliphatic rings. The van der Waals surface area contributed by atoms with E-state index in [2.05, 4.69) is 22.7 Å². The van der Waals surface area contributed by atoms with Crippen molar-refractivity contribution in [3.8, 4) is 0 Å². The normalized spacial score (nSPS) is 31.9. The lowest BCUT2D eigenvalue weighted by atomic mass is 9.55. The molecule has 2 heterocycles. The van der Waals surface area contributed by atoms with Gasteiger partial charge in [-0.05, 0) is 31.7 Å². The third kappa shape index (κ3) is 3.76. The maximum atomic E-state index is 13.1. The molecule has 0 bridgehead atoms. The molecule has 0 aromatic carbocycles. The lowest BCUT2D eigenvalue weighted by Gasteiger charge is -2.57. The third-order valence-electron chi connectivity index (χ3n) is 6.96.